The number of aryl methyl sites for hydroxylation is 1. The predicted octanol–water partition coefficient (Wildman–Crippen LogP) is 3.53. The Morgan fingerprint density at radius 3 is 2.52 bits per heavy atom. The fourth-order valence-electron chi connectivity index (χ4n) is 3.45. The van der Waals surface area contributed by atoms with Crippen molar-refractivity contribution in [3.8, 4) is 17.0 Å². The van der Waals surface area contributed by atoms with Crippen molar-refractivity contribution in [2.24, 2.45) is 0 Å². The number of hydrogen-bond acceptors (Lipinski definition) is 3. The highest BCUT2D eigenvalue weighted by molar-refractivity contribution is 5.71. The van der Waals surface area contributed by atoms with Gasteiger partial charge in [-0.3, -0.25) is 4.79 Å². The Balaban J connectivity index is 2.09. The molecule has 1 aliphatic heterocycles. The Hall–Kier alpha value is -2.23. The fraction of sp³-hybridized carbons (Fsp3) is 0.421. The number of anilines is 1. The van der Waals surface area contributed by atoms with Gasteiger partial charge in [0.25, 0.3) is 5.56 Å². The number of benzene rings is 1. The van der Waals surface area contributed by atoms with Gasteiger partial charge in [0.1, 0.15) is 5.75 Å². The summed E-state index contributed by atoms with van der Waals surface area (Å²) in [5.74, 6) is 0.118. The van der Waals surface area contributed by atoms with Gasteiger partial charge >= 0.3 is 0 Å². The van der Waals surface area contributed by atoms with Gasteiger partial charge in [0.15, 0.2) is 0 Å². The van der Waals surface area contributed by atoms with E-state index < -0.39 is 0 Å². The monoisotopic (exact) mass is 312 g/mol. The first-order valence-corrected chi connectivity index (χ1v) is 8.33. The van der Waals surface area contributed by atoms with E-state index in [2.05, 4.69) is 28.9 Å². The molecule has 1 aromatic carbocycles. The molecule has 4 nitrogen and oxygen atoms in total. The van der Waals surface area contributed by atoms with Crippen molar-refractivity contribution < 1.29 is 5.11 Å². The second-order valence-corrected chi connectivity index (χ2v) is 6.33. The van der Waals surface area contributed by atoms with E-state index in [4.69, 9.17) is 0 Å². The summed E-state index contributed by atoms with van der Waals surface area (Å²) in [6.45, 7) is 7.97. The molecule has 2 aromatic rings. The van der Waals surface area contributed by atoms with Crippen molar-refractivity contribution in [2.75, 3.05) is 18.0 Å². The third-order valence-corrected chi connectivity index (χ3v) is 4.81. The molecule has 2 N–H and O–H groups in total. The SMILES string of the molecule is CCc1c(-c2ccc(N3CCCC3)c(C)c2)[nH]c(=O)c(C)c1O. The quantitative estimate of drug-likeness (QED) is 0.911. The molecule has 0 unspecified atom stereocenters. The average molecular weight is 312 g/mol. The number of nitrogens with zero attached hydrogens (tertiary/aromatic N) is 1. The molecular weight excluding hydrogens is 288 g/mol. The maximum atomic E-state index is 12.0. The summed E-state index contributed by atoms with van der Waals surface area (Å²) in [7, 11) is 0. The highest BCUT2D eigenvalue weighted by atomic mass is 16.3. The van der Waals surface area contributed by atoms with Crippen molar-refractivity contribution in [3.63, 3.8) is 0 Å². The van der Waals surface area contributed by atoms with Gasteiger partial charge in [-0.2, -0.15) is 0 Å². The van der Waals surface area contributed by atoms with Gasteiger partial charge in [0.05, 0.1) is 11.3 Å². The first kappa shape index (κ1) is 15.7. The van der Waals surface area contributed by atoms with E-state index in [0.717, 1.165) is 29.9 Å². The number of pyridine rings is 1. The largest absolute Gasteiger partial charge is 0.507 e. The van der Waals surface area contributed by atoms with Crippen LogP contribution in [0.2, 0.25) is 0 Å². The molecule has 1 aromatic heterocycles. The zero-order valence-electron chi connectivity index (χ0n) is 14.1. The van der Waals surface area contributed by atoms with Crippen LogP contribution in [0.15, 0.2) is 23.0 Å². The number of H-pyrrole nitrogens is 1. The maximum absolute atomic E-state index is 12.0. The highest BCUT2D eigenvalue weighted by Gasteiger charge is 2.17. The van der Waals surface area contributed by atoms with Gasteiger partial charge in [0, 0.05) is 24.3 Å². The van der Waals surface area contributed by atoms with Crippen LogP contribution in [0.4, 0.5) is 5.69 Å². The van der Waals surface area contributed by atoms with E-state index in [-0.39, 0.29) is 11.3 Å². The Morgan fingerprint density at radius 2 is 1.91 bits per heavy atom. The molecule has 4 heteroatoms. The Bertz CT molecular complexity index is 787. The zero-order valence-corrected chi connectivity index (χ0v) is 14.1. The number of rotatable bonds is 3. The molecule has 0 radical (unpaired) electrons. The van der Waals surface area contributed by atoms with Crippen molar-refractivity contribution in [1.82, 2.24) is 4.98 Å². The first-order chi connectivity index (χ1) is 11.0. The van der Waals surface area contributed by atoms with Gasteiger partial charge in [0.2, 0.25) is 0 Å². The van der Waals surface area contributed by atoms with Crippen molar-refractivity contribution in [1.29, 1.82) is 0 Å². The van der Waals surface area contributed by atoms with Crippen LogP contribution in [0.3, 0.4) is 0 Å². The molecule has 0 atom stereocenters. The molecule has 23 heavy (non-hydrogen) atoms. The van der Waals surface area contributed by atoms with E-state index in [1.54, 1.807) is 6.92 Å². The molecule has 0 saturated carbocycles. The van der Waals surface area contributed by atoms with Crippen LogP contribution in [-0.2, 0) is 6.42 Å². The number of nitrogens with one attached hydrogen (secondary N) is 1. The lowest BCUT2D eigenvalue weighted by Gasteiger charge is -2.21. The molecule has 1 fully saturated rings. The van der Waals surface area contributed by atoms with Gasteiger partial charge in [-0.1, -0.05) is 13.0 Å². The average Bonchev–Trinajstić information content (AvgIpc) is 3.06. The molecule has 0 bridgehead atoms. The summed E-state index contributed by atoms with van der Waals surface area (Å²) in [6.07, 6.45) is 3.17. The number of aromatic hydroxyl groups is 1. The molecule has 2 heterocycles. The summed E-state index contributed by atoms with van der Waals surface area (Å²) < 4.78 is 0. The minimum atomic E-state index is -0.226. The summed E-state index contributed by atoms with van der Waals surface area (Å²) >= 11 is 0. The molecule has 1 aliphatic rings. The van der Waals surface area contributed by atoms with Crippen LogP contribution in [0.25, 0.3) is 11.3 Å². The molecule has 1 saturated heterocycles. The van der Waals surface area contributed by atoms with Gasteiger partial charge in [-0.15, -0.1) is 0 Å². The van der Waals surface area contributed by atoms with Crippen LogP contribution in [-0.4, -0.2) is 23.2 Å². The topological polar surface area (TPSA) is 56.3 Å². The predicted molar refractivity (Wildman–Crippen MR) is 94.5 cm³/mol. The second-order valence-electron chi connectivity index (χ2n) is 6.33. The Morgan fingerprint density at radius 1 is 1.22 bits per heavy atom. The van der Waals surface area contributed by atoms with Crippen molar-refractivity contribution >= 4 is 5.69 Å². The normalized spacial score (nSPS) is 14.5. The van der Waals surface area contributed by atoms with Gasteiger partial charge < -0.3 is 15.0 Å². The summed E-state index contributed by atoms with van der Waals surface area (Å²) in [5, 5.41) is 10.3. The maximum Gasteiger partial charge on any atom is 0.255 e. The minimum absolute atomic E-state index is 0.118. The molecule has 0 spiro atoms. The smallest absolute Gasteiger partial charge is 0.255 e. The van der Waals surface area contributed by atoms with Crippen molar-refractivity contribution in [2.45, 2.75) is 40.0 Å². The fourth-order valence-corrected chi connectivity index (χ4v) is 3.45. The van der Waals surface area contributed by atoms with Crippen LogP contribution < -0.4 is 10.5 Å². The third kappa shape index (κ3) is 2.74. The molecular formula is C19H24N2O2. The van der Waals surface area contributed by atoms with E-state index >= 15 is 0 Å². The highest BCUT2D eigenvalue weighted by Crippen LogP contribution is 2.33. The van der Waals surface area contributed by atoms with Crippen LogP contribution in [0.5, 0.6) is 5.75 Å². The standard InChI is InChI=1S/C19H24N2O2/c1-4-15-17(20-19(23)13(3)18(15)22)14-7-8-16(12(2)11-14)21-9-5-6-10-21/h7-8,11H,4-6,9-10H2,1-3H3,(H2,20,22,23). The van der Waals surface area contributed by atoms with E-state index in [1.165, 1.54) is 24.1 Å². The van der Waals surface area contributed by atoms with E-state index in [9.17, 15) is 9.90 Å². The summed E-state index contributed by atoms with van der Waals surface area (Å²) in [4.78, 5) is 17.4. The number of aromatic nitrogens is 1. The number of aromatic amines is 1. The van der Waals surface area contributed by atoms with Crippen LogP contribution >= 0.6 is 0 Å². The molecule has 3 rings (SSSR count). The lowest BCUT2D eigenvalue weighted by Crippen LogP contribution is -2.18. The zero-order chi connectivity index (χ0) is 16.6. The minimum Gasteiger partial charge on any atom is -0.507 e. The lowest BCUT2D eigenvalue weighted by atomic mass is 9.99. The van der Waals surface area contributed by atoms with Gasteiger partial charge in [-0.05, 0) is 56.4 Å². The lowest BCUT2D eigenvalue weighted by molar-refractivity contribution is 0.463. The van der Waals surface area contributed by atoms with Crippen LogP contribution in [0.1, 0.15) is 36.5 Å². The summed E-state index contributed by atoms with van der Waals surface area (Å²) in [5.41, 5.74) is 5.11. The van der Waals surface area contributed by atoms with Crippen LogP contribution in [0, 0.1) is 13.8 Å². The van der Waals surface area contributed by atoms with E-state index in [0.29, 0.717) is 12.0 Å². The molecule has 122 valence electrons. The van der Waals surface area contributed by atoms with Gasteiger partial charge in [-0.25, -0.2) is 0 Å². The third-order valence-electron chi connectivity index (χ3n) is 4.81. The Kier molecular flexibility index (Phi) is 4.16. The molecule has 0 amide bonds. The van der Waals surface area contributed by atoms with E-state index in [1.807, 2.05) is 13.0 Å². The first-order valence-electron chi connectivity index (χ1n) is 8.33. The van der Waals surface area contributed by atoms with Crippen molar-refractivity contribution in [3.05, 3.63) is 45.2 Å². The summed E-state index contributed by atoms with van der Waals surface area (Å²) in [6, 6.07) is 6.28. The molecule has 0 aliphatic carbocycles. The number of hydrogen-bond donors (Lipinski definition) is 2. The Labute approximate surface area is 136 Å². The second kappa shape index (κ2) is 6.11.